The molecule has 184 valence electrons. The minimum Gasteiger partial charge on any atom is -0.354 e. The van der Waals surface area contributed by atoms with Gasteiger partial charge in [0.05, 0.1) is 5.52 Å². The normalized spacial score (nSPS) is 13.4. The Hall–Kier alpha value is -5.22. The SMILES string of the molecule is c1ccc(N2c3ccccc3B3c4c2cccc4-n2c4cc5c(cc4c4cccc3c42)[nH]c2ccccc25)cc1. The number of para-hydroxylation sites is 4. The quantitative estimate of drug-likeness (QED) is 0.237. The van der Waals surface area contributed by atoms with E-state index in [2.05, 4.69) is 142 Å². The van der Waals surface area contributed by atoms with Crippen molar-refractivity contribution < 1.29 is 0 Å². The van der Waals surface area contributed by atoms with Gasteiger partial charge in [-0.25, -0.2) is 0 Å². The van der Waals surface area contributed by atoms with E-state index in [9.17, 15) is 0 Å². The summed E-state index contributed by atoms with van der Waals surface area (Å²) < 4.78 is 2.54. The average molecular weight is 507 g/mol. The highest BCUT2D eigenvalue weighted by Crippen LogP contribution is 2.42. The highest BCUT2D eigenvalue weighted by molar-refractivity contribution is 7.00. The van der Waals surface area contributed by atoms with E-state index < -0.39 is 0 Å². The zero-order valence-corrected chi connectivity index (χ0v) is 21.6. The molecule has 1 N–H and O–H groups in total. The molecular formula is C36H22BN3. The van der Waals surface area contributed by atoms with Crippen molar-refractivity contribution in [2.45, 2.75) is 0 Å². The molecule has 6 aromatic carbocycles. The van der Waals surface area contributed by atoms with Crippen molar-refractivity contribution in [1.82, 2.24) is 9.55 Å². The molecule has 2 aliphatic rings. The summed E-state index contributed by atoms with van der Waals surface area (Å²) in [7, 11) is 0. The third-order valence-electron chi connectivity index (χ3n) is 9.09. The molecule has 4 heteroatoms. The Kier molecular flexibility index (Phi) is 3.75. The molecule has 2 aliphatic heterocycles. The van der Waals surface area contributed by atoms with Crippen molar-refractivity contribution in [3.63, 3.8) is 0 Å². The topological polar surface area (TPSA) is 24.0 Å². The summed E-state index contributed by atoms with van der Waals surface area (Å²) in [6.07, 6.45) is 0. The van der Waals surface area contributed by atoms with Crippen LogP contribution in [0.25, 0.3) is 49.3 Å². The van der Waals surface area contributed by atoms with Gasteiger partial charge in [-0.15, -0.1) is 0 Å². The Morgan fingerprint density at radius 2 is 1.23 bits per heavy atom. The summed E-state index contributed by atoms with van der Waals surface area (Å²) in [4.78, 5) is 6.12. The Morgan fingerprint density at radius 1 is 0.500 bits per heavy atom. The lowest BCUT2D eigenvalue weighted by Crippen LogP contribution is -2.60. The number of nitrogens with one attached hydrogen (secondary N) is 1. The molecule has 8 aromatic rings. The van der Waals surface area contributed by atoms with Gasteiger partial charge in [-0.2, -0.15) is 0 Å². The fraction of sp³-hybridized carbons (Fsp3) is 0. The van der Waals surface area contributed by atoms with Crippen LogP contribution in [-0.4, -0.2) is 16.3 Å². The average Bonchev–Trinajstić information content (AvgIpc) is 3.54. The van der Waals surface area contributed by atoms with Gasteiger partial charge in [0.1, 0.15) is 0 Å². The number of hydrogen-bond acceptors (Lipinski definition) is 1. The van der Waals surface area contributed by atoms with Crippen molar-refractivity contribution in [3.8, 4) is 5.69 Å². The van der Waals surface area contributed by atoms with E-state index >= 15 is 0 Å². The fourth-order valence-electron chi connectivity index (χ4n) is 7.54. The molecule has 0 atom stereocenters. The van der Waals surface area contributed by atoms with Crippen LogP contribution >= 0.6 is 0 Å². The van der Waals surface area contributed by atoms with E-state index in [-0.39, 0.29) is 6.71 Å². The zero-order valence-electron chi connectivity index (χ0n) is 21.6. The van der Waals surface area contributed by atoms with E-state index in [1.54, 1.807) is 0 Å². The molecule has 4 heterocycles. The number of rotatable bonds is 1. The maximum atomic E-state index is 3.67. The molecule has 10 rings (SSSR count). The summed E-state index contributed by atoms with van der Waals surface area (Å²) in [5, 5.41) is 5.14. The van der Waals surface area contributed by atoms with E-state index in [0.717, 1.165) is 0 Å². The molecule has 0 spiro atoms. The molecule has 0 saturated heterocycles. The number of benzene rings is 6. The number of H-pyrrole nitrogens is 1. The van der Waals surface area contributed by atoms with Crippen LogP contribution in [0.2, 0.25) is 0 Å². The Labute approximate surface area is 231 Å². The third-order valence-corrected chi connectivity index (χ3v) is 9.09. The van der Waals surface area contributed by atoms with Gasteiger partial charge in [-0.05, 0) is 64.9 Å². The van der Waals surface area contributed by atoms with Crippen LogP contribution in [0.15, 0.2) is 127 Å². The largest absolute Gasteiger partial charge is 0.354 e. The molecule has 0 saturated carbocycles. The number of fused-ring (bicyclic) bond motifs is 10. The maximum Gasteiger partial charge on any atom is 0.252 e. The van der Waals surface area contributed by atoms with Gasteiger partial charge in [0.15, 0.2) is 0 Å². The number of aromatic amines is 1. The van der Waals surface area contributed by atoms with Crippen LogP contribution in [0.5, 0.6) is 0 Å². The number of nitrogens with zero attached hydrogens (tertiary/aromatic N) is 2. The van der Waals surface area contributed by atoms with Gasteiger partial charge in [0.2, 0.25) is 0 Å². The van der Waals surface area contributed by atoms with Crippen LogP contribution in [0.4, 0.5) is 17.1 Å². The molecule has 0 amide bonds. The van der Waals surface area contributed by atoms with Gasteiger partial charge in [-0.3, -0.25) is 0 Å². The monoisotopic (exact) mass is 507 g/mol. The summed E-state index contributed by atoms with van der Waals surface area (Å²) >= 11 is 0. The third kappa shape index (κ3) is 2.43. The first-order valence-corrected chi connectivity index (χ1v) is 13.9. The lowest BCUT2D eigenvalue weighted by molar-refractivity contribution is 1.18. The summed E-state index contributed by atoms with van der Waals surface area (Å²) in [5.41, 5.74) is 14.0. The number of aromatic nitrogens is 2. The Balaban J connectivity index is 1.39. The first kappa shape index (κ1) is 20.7. The van der Waals surface area contributed by atoms with Crippen LogP contribution < -0.4 is 21.3 Å². The van der Waals surface area contributed by atoms with Gasteiger partial charge in [0, 0.05) is 60.8 Å². The zero-order chi connectivity index (χ0) is 25.9. The second kappa shape index (κ2) is 7.25. The smallest absolute Gasteiger partial charge is 0.252 e. The van der Waals surface area contributed by atoms with Crippen LogP contribution in [0.1, 0.15) is 0 Å². The van der Waals surface area contributed by atoms with Crippen LogP contribution in [0, 0.1) is 0 Å². The molecule has 2 aromatic heterocycles. The van der Waals surface area contributed by atoms with Gasteiger partial charge < -0.3 is 14.5 Å². The van der Waals surface area contributed by atoms with Crippen molar-refractivity contribution in [2.75, 3.05) is 4.90 Å². The second-order valence-corrected chi connectivity index (χ2v) is 11.0. The first-order valence-electron chi connectivity index (χ1n) is 13.9. The predicted octanol–water partition coefficient (Wildman–Crippen LogP) is 7.03. The summed E-state index contributed by atoms with van der Waals surface area (Å²) in [6.45, 7) is 0.175. The lowest BCUT2D eigenvalue weighted by atomic mass is 9.34. The van der Waals surface area contributed by atoms with Crippen LogP contribution in [0.3, 0.4) is 0 Å². The van der Waals surface area contributed by atoms with E-state index in [0.29, 0.717) is 0 Å². The number of hydrogen-bond donors (Lipinski definition) is 1. The lowest BCUT2D eigenvalue weighted by Gasteiger charge is -2.40. The summed E-state index contributed by atoms with van der Waals surface area (Å²) in [5.74, 6) is 0. The molecular weight excluding hydrogens is 485 g/mol. The molecule has 0 radical (unpaired) electrons. The fourth-order valence-corrected chi connectivity index (χ4v) is 7.54. The number of anilines is 3. The first-order chi connectivity index (χ1) is 19.9. The molecule has 0 fully saturated rings. The highest BCUT2D eigenvalue weighted by atomic mass is 15.2. The van der Waals surface area contributed by atoms with Gasteiger partial charge >= 0.3 is 0 Å². The van der Waals surface area contributed by atoms with Crippen molar-refractivity contribution in [1.29, 1.82) is 0 Å². The Bertz CT molecular complexity index is 2340. The molecule has 0 aliphatic carbocycles. The molecule has 3 nitrogen and oxygen atoms in total. The molecule has 0 bridgehead atoms. The standard InChI is InChI=1S/C36H22BN3/c1-2-10-22(11-3-1)39-31-17-7-5-14-27(31)37-28-15-8-13-24-26-20-30-25(23-12-4-6-16-29(23)38-30)21-34(26)40(36(24)28)33-19-9-18-32(39)35(33)37/h1-21,38H. The van der Waals surface area contributed by atoms with E-state index in [4.69, 9.17) is 0 Å². The van der Waals surface area contributed by atoms with Crippen molar-refractivity contribution in [3.05, 3.63) is 127 Å². The molecule has 40 heavy (non-hydrogen) atoms. The minimum absolute atomic E-state index is 0.175. The van der Waals surface area contributed by atoms with E-state index in [1.807, 2.05) is 0 Å². The summed E-state index contributed by atoms with van der Waals surface area (Å²) in [6, 6.07) is 46.8. The molecule has 0 unspecified atom stereocenters. The maximum absolute atomic E-state index is 3.67. The van der Waals surface area contributed by atoms with Crippen molar-refractivity contribution >= 4 is 83.8 Å². The van der Waals surface area contributed by atoms with Crippen molar-refractivity contribution in [2.24, 2.45) is 0 Å². The Morgan fingerprint density at radius 3 is 2.17 bits per heavy atom. The van der Waals surface area contributed by atoms with E-state index in [1.165, 1.54) is 82.7 Å². The highest BCUT2D eigenvalue weighted by Gasteiger charge is 2.41. The van der Waals surface area contributed by atoms with Gasteiger partial charge in [-0.1, -0.05) is 78.9 Å². The van der Waals surface area contributed by atoms with Gasteiger partial charge in [0.25, 0.3) is 6.71 Å². The van der Waals surface area contributed by atoms with Crippen LogP contribution in [-0.2, 0) is 0 Å². The second-order valence-electron chi connectivity index (χ2n) is 11.0. The predicted molar refractivity (Wildman–Crippen MR) is 169 cm³/mol. The minimum atomic E-state index is 0.175.